The van der Waals surface area contributed by atoms with E-state index in [1.807, 2.05) is 0 Å². The summed E-state index contributed by atoms with van der Waals surface area (Å²) in [4.78, 5) is 12.0. The summed E-state index contributed by atoms with van der Waals surface area (Å²) in [6, 6.07) is 8.28. The zero-order valence-corrected chi connectivity index (χ0v) is 18.0. The van der Waals surface area contributed by atoms with Crippen molar-refractivity contribution in [1.82, 2.24) is 14.1 Å². The number of rotatable bonds is 6. The molecule has 0 unspecified atom stereocenters. The number of ether oxygens (including phenoxy) is 1. The van der Waals surface area contributed by atoms with Crippen LogP contribution in [0.1, 0.15) is 18.7 Å². The zero-order chi connectivity index (χ0) is 23.0. The first-order chi connectivity index (χ1) is 15.2. The molecule has 11 heteroatoms. The Balaban J connectivity index is 1.69. The summed E-state index contributed by atoms with van der Waals surface area (Å²) < 4.78 is 47.4. The van der Waals surface area contributed by atoms with Gasteiger partial charge in [0.15, 0.2) is 0 Å². The van der Waals surface area contributed by atoms with Gasteiger partial charge < -0.3 is 14.9 Å². The van der Waals surface area contributed by atoms with Gasteiger partial charge in [-0.25, -0.2) is 12.8 Å². The fraction of sp³-hybridized carbons (Fsp3) is 0.333. The molecule has 1 fully saturated rings. The number of fused-ring (bicyclic) bond motifs is 1. The van der Waals surface area contributed by atoms with E-state index in [-0.39, 0.29) is 36.8 Å². The predicted molar refractivity (Wildman–Crippen MR) is 112 cm³/mol. The van der Waals surface area contributed by atoms with Crippen LogP contribution >= 0.6 is 0 Å². The molecule has 0 radical (unpaired) electrons. The Kier molecular flexibility index (Phi) is 5.89. The molecule has 4 rings (SSSR count). The molecule has 1 aliphatic rings. The topological polar surface area (TPSA) is 122 Å². The zero-order valence-electron chi connectivity index (χ0n) is 17.2. The predicted octanol–water partition coefficient (Wildman–Crippen LogP) is 1.59. The third kappa shape index (κ3) is 4.06. The van der Waals surface area contributed by atoms with E-state index in [0.29, 0.717) is 16.6 Å². The summed E-state index contributed by atoms with van der Waals surface area (Å²) in [6.07, 6.45) is -1.25. The molecule has 0 bridgehead atoms. The standard InChI is InChI=1S/C21H22FN3O6S/c1-2-31-21(28)10-17-16-8-3-13(22)9-18(16)25(23-17)19-11-24(12-20(19)27)32(29,30)15-6-4-14(26)5-7-15/h3-9,19-20,26-27H,2,10-12H2,1H3/t19-,20-/m0/s1. The number of phenols is 1. The number of aliphatic hydroxyl groups excluding tert-OH is 1. The largest absolute Gasteiger partial charge is 0.508 e. The second-order valence-electron chi connectivity index (χ2n) is 7.49. The molecule has 2 N–H and O–H groups in total. The van der Waals surface area contributed by atoms with Crippen LogP contribution in [0.15, 0.2) is 47.4 Å². The van der Waals surface area contributed by atoms with Crippen molar-refractivity contribution in [1.29, 1.82) is 0 Å². The number of aliphatic hydroxyl groups is 1. The number of esters is 1. The summed E-state index contributed by atoms with van der Waals surface area (Å²) in [6.45, 7) is 1.60. The number of hydrogen-bond donors (Lipinski definition) is 2. The van der Waals surface area contributed by atoms with Crippen molar-refractivity contribution in [3.05, 3.63) is 54.0 Å². The maximum absolute atomic E-state index is 14.0. The summed E-state index contributed by atoms with van der Waals surface area (Å²) >= 11 is 0. The number of aromatic nitrogens is 2. The van der Waals surface area contributed by atoms with Crippen LogP contribution in [0.4, 0.5) is 4.39 Å². The lowest BCUT2D eigenvalue weighted by Gasteiger charge is -2.17. The van der Waals surface area contributed by atoms with Crippen molar-refractivity contribution >= 4 is 26.9 Å². The number of phenolic OH excluding ortho intramolecular Hbond substituents is 1. The lowest BCUT2D eigenvalue weighted by molar-refractivity contribution is -0.142. The molecule has 3 aromatic rings. The first-order valence-electron chi connectivity index (χ1n) is 10.00. The van der Waals surface area contributed by atoms with Crippen molar-refractivity contribution in [2.75, 3.05) is 19.7 Å². The minimum absolute atomic E-state index is 0.0254. The average molecular weight is 463 g/mol. The molecular formula is C21H22FN3O6S. The van der Waals surface area contributed by atoms with Gasteiger partial charge in [0.05, 0.1) is 41.3 Å². The van der Waals surface area contributed by atoms with E-state index >= 15 is 0 Å². The maximum atomic E-state index is 14.0. The fourth-order valence-corrected chi connectivity index (χ4v) is 5.32. The molecule has 1 aliphatic heterocycles. The molecule has 0 saturated carbocycles. The van der Waals surface area contributed by atoms with Crippen LogP contribution in [-0.2, 0) is 26.0 Å². The highest BCUT2D eigenvalue weighted by Gasteiger charge is 2.40. The summed E-state index contributed by atoms with van der Waals surface area (Å²) in [7, 11) is -3.94. The van der Waals surface area contributed by atoms with Gasteiger partial charge in [-0.15, -0.1) is 0 Å². The normalized spacial score (nSPS) is 19.5. The van der Waals surface area contributed by atoms with Gasteiger partial charge in [-0.1, -0.05) is 0 Å². The third-order valence-electron chi connectivity index (χ3n) is 5.38. The first kappa shape index (κ1) is 22.2. The van der Waals surface area contributed by atoms with Crippen molar-refractivity contribution in [3.63, 3.8) is 0 Å². The monoisotopic (exact) mass is 463 g/mol. The van der Waals surface area contributed by atoms with Gasteiger partial charge in [-0.3, -0.25) is 9.48 Å². The van der Waals surface area contributed by atoms with Gasteiger partial charge in [-0.05, 0) is 49.4 Å². The van der Waals surface area contributed by atoms with Crippen LogP contribution in [0, 0.1) is 5.82 Å². The molecular weight excluding hydrogens is 441 g/mol. The molecule has 2 aromatic carbocycles. The second-order valence-corrected chi connectivity index (χ2v) is 9.42. The first-order valence-corrected chi connectivity index (χ1v) is 11.4. The molecule has 0 aliphatic carbocycles. The van der Waals surface area contributed by atoms with E-state index in [1.165, 1.54) is 47.1 Å². The molecule has 0 amide bonds. The Morgan fingerprint density at radius 1 is 1.22 bits per heavy atom. The maximum Gasteiger partial charge on any atom is 0.311 e. The van der Waals surface area contributed by atoms with E-state index in [2.05, 4.69) is 5.10 Å². The van der Waals surface area contributed by atoms with Crippen molar-refractivity contribution in [2.24, 2.45) is 0 Å². The van der Waals surface area contributed by atoms with Gasteiger partial charge >= 0.3 is 5.97 Å². The highest BCUT2D eigenvalue weighted by molar-refractivity contribution is 7.89. The molecule has 1 saturated heterocycles. The van der Waals surface area contributed by atoms with Gasteiger partial charge in [0.1, 0.15) is 11.6 Å². The van der Waals surface area contributed by atoms with E-state index in [0.717, 1.165) is 4.31 Å². The SMILES string of the molecule is CCOC(=O)Cc1nn([C@H]2CN(S(=O)(=O)c3ccc(O)cc3)C[C@@H]2O)c2cc(F)ccc12. The van der Waals surface area contributed by atoms with Crippen LogP contribution in [0.5, 0.6) is 5.75 Å². The van der Waals surface area contributed by atoms with Crippen LogP contribution in [0.2, 0.25) is 0 Å². The number of benzene rings is 2. The highest BCUT2D eigenvalue weighted by atomic mass is 32.2. The minimum Gasteiger partial charge on any atom is -0.508 e. The molecule has 32 heavy (non-hydrogen) atoms. The third-order valence-corrected chi connectivity index (χ3v) is 7.22. The number of sulfonamides is 1. The van der Waals surface area contributed by atoms with Gasteiger partial charge in [0, 0.05) is 18.5 Å². The van der Waals surface area contributed by atoms with E-state index in [1.54, 1.807) is 6.92 Å². The van der Waals surface area contributed by atoms with E-state index in [4.69, 9.17) is 4.74 Å². The molecule has 2 heterocycles. The number of β-amino-alcohol motifs (C(OH)–C–C–N with tert-alkyl or cyclic N) is 1. The van der Waals surface area contributed by atoms with E-state index < -0.39 is 34.0 Å². The van der Waals surface area contributed by atoms with Crippen LogP contribution in [0.3, 0.4) is 0 Å². The number of hydrogen-bond acceptors (Lipinski definition) is 7. The minimum atomic E-state index is -3.94. The Morgan fingerprint density at radius 2 is 1.94 bits per heavy atom. The number of carbonyl (C=O) groups excluding carboxylic acids is 1. The Morgan fingerprint density at radius 3 is 2.62 bits per heavy atom. The molecule has 0 spiro atoms. The Hall–Kier alpha value is -3.02. The van der Waals surface area contributed by atoms with Crippen molar-refractivity contribution < 1.29 is 32.6 Å². The number of aromatic hydroxyl groups is 1. The summed E-state index contributed by atoms with van der Waals surface area (Å²) in [5.74, 6) is -1.09. The Labute approximate surface area is 183 Å². The van der Waals surface area contributed by atoms with E-state index in [9.17, 15) is 27.8 Å². The number of carbonyl (C=O) groups is 1. The molecule has 2 atom stereocenters. The van der Waals surface area contributed by atoms with Gasteiger partial charge in [0.25, 0.3) is 0 Å². The number of halogens is 1. The molecule has 1 aromatic heterocycles. The molecule has 9 nitrogen and oxygen atoms in total. The second kappa shape index (κ2) is 8.49. The summed E-state index contributed by atoms with van der Waals surface area (Å²) in [5, 5.41) is 25.0. The highest BCUT2D eigenvalue weighted by Crippen LogP contribution is 2.32. The van der Waals surface area contributed by atoms with Crippen LogP contribution in [-0.4, -0.2) is 64.5 Å². The molecule has 170 valence electrons. The van der Waals surface area contributed by atoms with Crippen molar-refractivity contribution in [3.8, 4) is 5.75 Å². The smallest absolute Gasteiger partial charge is 0.311 e. The fourth-order valence-electron chi connectivity index (χ4n) is 3.85. The lowest BCUT2D eigenvalue weighted by atomic mass is 10.1. The van der Waals surface area contributed by atoms with Gasteiger partial charge in [0.2, 0.25) is 10.0 Å². The lowest BCUT2D eigenvalue weighted by Crippen LogP contribution is -2.29. The summed E-state index contributed by atoms with van der Waals surface area (Å²) in [5.41, 5.74) is 0.697. The van der Waals surface area contributed by atoms with Crippen LogP contribution in [0.25, 0.3) is 10.9 Å². The van der Waals surface area contributed by atoms with Crippen molar-refractivity contribution in [2.45, 2.75) is 30.4 Å². The number of nitrogens with zero attached hydrogens (tertiary/aromatic N) is 3. The Bertz CT molecular complexity index is 1260. The quantitative estimate of drug-likeness (QED) is 0.533. The average Bonchev–Trinajstić information content (AvgIpc) is 3.29. The van der Waals surface area contributed by atoms with Gasteiger partial charge in [-0.2, -0.15) is 9.40 Å². The van der Waals surface area contributed by atoms with Crippen LogP contribution < -0.4 is 0 Å².